The van der Waals surface area contributed by atoms with Crippen molar-refractivity contribution in [2.45, 2.75) is 56.7 Å². The summed E-state index contributed by atoms with van der Waals surface area (Å²) in [5.74, 6) is 4.74. The number of carbonyl (C=O) groups excluding carboxylic acids is 5. The zero-order chi connectivity index (χ0) is 39.6. The minimum absolute atomic E-state index is 0.264. The lowest BCUT2D eigenvalue weighted by atomic mass is 9.85. The fourth-order valence-electron chi connectivity index (χ4n) is 7.14. The van der Waals surface area contributed by atoms with Gasteiger partial charge < -0.3 is 36.0 Å². The number of benzene rings is 4. The van der Waals surface area contributed by atoms with Crippen molar-refractivity contribution in [3.8, 4) is 11.8 Å². The molecule has 0 radical (unpaired) electrons. The van der Waals surface area contributed by atoms with Gasteiger partial charge in [-0.25, -0.2) is 0 Å². The fourth-order valence-corrected chi connectivity index (χ4v) is 7.14. The van der Waals surface area contributed by atoms with Gasteiger partial charge in [0.1, 0.15) is 24.2 Å². The third kappa shape index (κ3) is 9.92. The molecule has 284 valence electrons. The molecule has 4 aromatic carbocycles. The van der Waals surface area contributed by atoms with E-state index in [-0.39, 0.29) is 29.4 Å². The molecule has 12 nitrogen and oxygen atoms in total. The maximum atomic E-state index is 13.6. The van der Waals surface area contributed by atoms with Crippen LogP contribution in [0.3, 0.4) is 0 Å². The van der Waals surface area contributed by atoms with E-state index in [0.29, 0.717) is 61.3 Å². The number of hydrogen-bond donors (Lipinski definition) is 5. The van der Waals surface area contributed by atoms with Crippen molar-refractivity contribution < 1.29 is 29.0 Å². The highest BCUT2D eigenvalue weighted by Gasteiger charge is 2.39. The van der Waals surface area contributed by atoms with Crippen molar-refractivity contribution >= 4 is 55.7 Å². The number of hydrogen-bond acceptors (Lipinski definition) is 7. The quantitative estimate of drug-likeness (QED) is 0.116. The molecule has 0 unspecified atom stereocenters. The Morgan fingerprint density at radius 2 is 1.07 bits per heavy atom. The van der Waals surface area contributed by atoms with E-state index in [1.165, 1.54) is 7.85 Å². The van der Waals surface area contributed by atoms with Crippen molar-refractivity contribution in [2.24, 2.45) is 0 Å². The summed E-state index contributed by atoms with van der Waals surface area (Å²) in [5.41, 5.74) is 3.97. The van der Waals surface area contributed by atoms with E-state index in [1.54, 1.807) is 89.4 Å². The van der Waals surface area contributed by atoms with Gasteiger partial charge in [0.05, 0.1) is 0 Å². The second-order valence-electron chi connectivity index (χ2n) is 14.0. The summed E-state index contributed by atoms with van der Waals surface area (Å²) < 4.78 is 0. The lowest BCUT2D eigenvalue weighted by Gasteiger charge is -2.29. The molecular weight excluding hydrogens is 706 g/mol. The Morgan fingerprint density at radius 3 is 1.48 bits per heavy atom. The van der Waals surface area contributed by atoms with E-state index < -0.39 is 31.2 Å². The number of amides is 5. The van der Waals surface area contributed by atoms with Crippen LogP contribution in [0.25, 0.3) is 0 Å². The van der Waals surface area contributed by atoms with Gasteiger partial charge in [-0.2, -0.15) is 0 Å². The molecule has 4 aromatic rings. The van der Waals surface area contributed by atoms with Crippen LogP contribution in [-0.2, 0) is 19.2 Å². The number of anilines is 2. The number of likely N-dealkylation sites (tertiary alicyclic amines) is 2. The Bertz CT molecular complexity index is 2090. The standard InChI is InChI=1S/C42H44B2N6O6/c1-44(56)48-37(31-12-6-3-7-13-31)41(54)50-27-9-15-35(50)39(52)46-33-24-20-29(21-25-33)17-16-28-18-22-32(23-19-28)45-38(51)34-14-8-26-49(34)40(53)36(47-42(43)55)30-10-4-2-5-11-30/h2-7,10-13,18-25,34-37,48,56H,8-9,14-15,26-27,43H2,1H3,(H,45,51)(H,46,52)(H,47,55)/t34-,35-,36+,37+/m0/s1. The summed E-state index contributed by atoms with van der Waals surface area (Å²) in [6.07, 6.45) is 2.42. The summed E-state index contributed by atoms with van der Waals surface area (Å²) in [6, 6.07) is 29.4. The van der Waals surface area contributed by atoms with Crippen molar-refractivity contribution in [3.63, 3.8) is 0 Å². The smallest absolute Gasteiger partial charge is 0.374 e. The molecule has 0 bridgehead atoms. The van der Waals surface area contributed by atoms with Gasteiger partial charge in [0.25, 0.3) is 0 Å². The Morgan fingerprint density at radius 1 is 0.661 bits per heavy atom. The van der Waals surface area contributed by atoms with E-state index in [4.69, 9.17) is 0 Å². The van der Waals surface area contributed by atoms with Crippen LogP contribution in [0, 0.1) is 11.8 Å². The molecule has 2 saturated heterocycles. The molecule has 2 heterocycles. The molecule has 2 aliphatic heterocycles. The topological polar surface area (TPSA) is 160 Å². The maximum Gasteiger partial charge on any atom is 0.374 e. The first-order chi connectivity index (χ1) is 27.1. The molecule has 2 fully saturated rings. The van der Waals surface area contributed by atoms with Gasteiger partial charge in [-0.1, -0.05) is 72.5 Å². The molecular formula is C42H44B2N6O6. The molecule has 5 amide bonds. The third-order valence-corrected chi connectivity index (χ3v) is 9.85. The summed E-state index contributed by atoms with van der Waals surface area (Å²) >= 11 is 0. The first-order valence-electron chi connectivity index (χ1n) is 18.8. The predicted octanol–water partition coefficient (Wildman–Crippen LogP) is 3.47. The van der Waals surface area contributed by atoms with E-state index in [0.717, 1.165) is 11.1 Å². The highest BCUT2D eigenvalue weighted by molar-refractivity contribution is 6.57. The zero-order valence-corrected chi connectivity index (χ0v) is 31.4. The SMILES string of the molecule is BC(=O)N[C@@H](C(=O)N1CCC[C@H]1C(=O)Nc1ccc(C#Cc2ccc(NC(=O)[C@@H]3CCCN3C(=O)[C@H](NB(C)O)c3ccccc3)cc2)cc1)c1ccccc1. The second kappa shape index (κ2) is 18.4. The van der Waals surface area contributed by atoms with Crippen LogP contribution >= 0.6 is 0 Å². The van der Waals surface area contributed by atoms with Crippen LogP contribution in [-0.4, -0.2) is 84.3 Å². The van der Waals surface area contributed by atoms with E-state index >= 15 is 0 Å². The average molecular weight is 750 g/mol. The van der Waals surface area contributed by atoms with Crippen LogP contribution in [0.2, 0.25) is 6.82 Å². The largest absolute Gasteiger partial charge is 0.437 e. The maximum absolute atomic E-state index is 13.6. The Balaban J connectivity index is 1.03. The number of rotatable bonds is 11. The molecule has 6 rings (SSSR count). The monoisotopic (exact) mass is 750 g/mol. The van der Waals surface area contributed by atoms with Crippen molar-refractivity contribution in [2.75, 3.05) is 23.7 Å². The molecule has 56 heavy (non-hydrogen) atoms. The number of carbonyl (C=O) groups is 5. The Hall–Kier alpha value is -6.16. The van der Waals surface area contributed by atoms with Gasteiger partial charge in [-0.3, -0.25) is 24.0 Å². The highest BCUT2D eigenvalue weighted by Crippen LogP contribution is 2.27. The van der Waals surface area contributed by atoms with Crippen molar-refractivity contribution in [3.05, 3.63) is 131 Å². The first kappa shape index (κ1) is 39.5. The van der Waals surface area contributed by atoms with Crippen LogP contribution in [0.15, 0.2) is 109 Å². The zero-order valence-electron chi connectivity index (χ0n) is 31.4. The Kier molecular flexibility index (Phi) is 13.0. The van der Waals surface area contributed by atoms with Gasteiger partial charge in [-0.05, 0) is 92.2 Å². The summed E-state index contributed by atoms with van der Waals surface area (Å²) in [5, 5.41) is 21.5. The molecule has 5 N–H and O–H groups in total. The van der Waals surface area contributed by atoms with Crippen LogP contribution in [0.1, 0.15) is 60.0 Å². The normalized spacial score (nSPS) is 17.2. The van der Waals surface area contributed by atoms with E-state index in [1.807, 2.05) is 36.4 Å². The average Bonchev–Trinajstić information content (AvgIpc) is 3.91. The third-order valence-electron chi connectivity index (χ3n) is 9.85. The van der Waals surface area contributed by atoms with Crippen LogP contribution in [0.4, 0.5) is 16.2 Å². The van der Waals surface area contributed by atoms with E-state index in [2.05, 4.69) is 33.0 Å². The minimum atomic E-state index is -0.918. The summed E-state index contributed by atoms with van der Waals surface area (Å²) in [6.45, 7) is 2.42. The van der Waals surface area contributed by atoms with Crippen LogP contribution in [0.5, 0.6) is 0 Å². The molecule has 14 heteroatoms. The van der Waals surface area contributed by atoms with Gasteiger partial charge in [0.2, 0.25) is 31.5 Å². The highest BCUT2D eigenvalue weighted by atomic mass is 16.2. The summed E-state index contributed by atoms with van der Waals surface area (Å²) in [4.78, 5) is 69.1. The first-order valence-corrected chi connectivity index (χ1v) is 18.8. The fraction of sp³-hybridized carbons (Fsp3) is 0.262. The minimum Gasteiger partial charge on any atom is -0.437 e. The van der Waals surface area contributed by atoms with Crippen molar-refractivity contribution in [1.82, 2.24) is 20.3 Å². The van der Waals surface area contributed by atoms with Gasteiger partial charge in [0.15, 0.2) is 5.81 Å². The number of nitrogens with zero attached hydrogens (tertiary/aromatic N) is 2. The summed E-state index contributed by atoms with van der Waals surface area (Å²) in [7, 11) is 0.446. The van der Waals surface area contributed by atoms with Gasteiger partial charge in [0, 0.05) is 35.6 Å². The van der Waals surface area contributed by atoms with Crippen LogP contribution < -0.4 is 21.2 Å². The molecule has 0 aromatic heterocycles. The van der Waals surface area contributed by atoms with Crippen molar-refractivity contribution in [1.29, 1.82) is 0 Å². The molecule has 0 saturated carbocycles. The van der Waals surface area contributed by atoms with E-state index in [9.17, 15) is 29.0 Å². The predicted molar refractivity (Wildman–Crippen MR) is 218 cm³/mol. The number of nitrogens with one attached hydrogen (secondary N) is 4. The lowest BCUT2D eigenvalue weighted by Crippen LogP contribution is -2.49. The second-order valence-corrected chi connectivity index (χ2v) is 14.0. The molecule has 4 atom stereocenters. The van der Waals surface area contributed by atoms with Gasteiger partial charge in [-0.15, -0.1) is 0 Å². The molecule has 2 aliphatic rings. The molecule has 0 spiro atoms. The Labute approximate surface area is 328 Å². The molecule has 0 aliphatic carbocycles. The lowest BCUT2D eigenvalue weighted by molar-refractivity contribution is -0.138. The van der Waals surface area contributed by atoms with Gasteiger partial charge >= 0.3 is 7.05 Å².